The van der Waals surface area contributed by atoms with Crippen LogP contribution in [0.15, 0.2) is 71.3 Å². The zero-order valence-corrected chi connectivity index (χ0v) is 17.3. The summed E-state index contributed by atoms with van der Waals surface area (Å²) in [4.78, 5) is 27.2. The highest BCUT2D eigenvalue weighted by atomic mass is 16.5. The highest BCUT2D eigenvalue weighted by Crippen LogP contribution is 2.35. The first-order valence-corrected chi connectivity index (χ1v) is 10.4. The molecule has 160 valence electrons. The Morgan fingerprint density at radius 2 is 1.87 bits per heavy atom. The summed E-state index contributed by atoms with van der Waals surface area (Å²) in [5.74, 6) is -0.199. The van der Waals surface area contributed by atoms with Crippen molar-refractivity contribution in [3.05, 3.63) is 78.3 Å². The Labute approximate surface area is 181 Å². The molecule has 31 heavy (non-hydrogen) atoms. The Bertz CT molecular complexity index is 1050. The molecule has 7 nitrogen and oxygen atoms in total. The molecular formula is C24H25N3O4. The first-order chi connectivity index (χ1) is 15.2. The van der Waals surface area contributed by atoms with Crippen molar-refractivity contribution in [3.63, 3.8) is 0 Å². The zero-order chi connectivity index (χ0) is 21.6. The minimum atomic E-state index is -0.743. The molecule has 4 rings (SSSR count). The Kier molecular flexibility index (Phi) is 6.21. The molecular weight excluding hydrogens is 394 g/mol. The topological polar surface area (TPSA) is 83.8 Å². The van der Waals surface area contributed by atoms with Crippen LogP contribution in [0.3, 0.4) is 0 Å². The first kappa shape index (κ1) is 20.5. The number of rotatable bonds is 7. The molecule has 1 atom stereocenters. The van der Waals surface area contributed by atoms with E-state index in [2.05, 4.69) is 27.7 Å². The van der Waals surface area contributed by atoms with Gasteiger partial charge in [-0.1, -0.05) is 30.3 Å². The third-order valence-electron chi connectivity index (χ3n) is 5.27. The summed E-state index contributed by atoms with van der Waals surface area (Å²) in [7, 11) is 0. The van der Waals surface area contributed by atoms with Crippen LogP contribution in [0.1, 0.15) is 24.3 Å². The van der Waals surface area contributed by atoms with Crippen LogP contribution in [-0.4, -0.2) is 31.5 Å². The lowest BCUT2D eigenvalue weighted by Gasteiger charge is -2.29. The summed E-state index contributed by atoms with van der Waals surface area (Å²) in [5.41, 5.74) is 2.84. The molecule has 3 aromatic rings. The lowest BCUT2D eigenvalue weighted by atomic mass is 10.1. The van der Waals surface area contributed by atoms with Crippen LogP contribution in [0.5, 0.6) is 5.75 Å². The molecule has 0 saturated carbocycles. The SMILES string of the molecule is CCOc1ccccc1NC(=O)C(=O)NCC(c1ccco1)N1CCc2ccccc21. The number of carbonyl (C=O) groups excluding carboxylic acids is 2. The highest BCUT2D eigenvalue weighted by molar-refractivity contribution is 6.39. The molecule has 0 radical (unpaired) electrons. The maximum absolute atomic E-state index is 12.5. The number of amides is 2. The molecule has 0 bridgehead atoms. The second-order valence-electron chi connectivity index (χ2n) is 7.20. The van der Waals surface area contributed by atoms with E-state index in [1.165, 1.54) is 5.56 Å². The number of nitrogens with zero attached hydrogens (tertiary/aromatic N) is 1. The summed E-state index contributed by atoms with van der Waals surface area (Å²) in [6.45, 7) is 3.37. The fraction of sp³-hybridized carbons (Fsp3) is 0.250. The molecule has 1 unspecified atom stereocenters. The van der Waals surface area contributed by atoms with Crippen molar-refractivity contribution < 1.29 is 18.7 Å². The molecule has 0 spiro atoms. The Morgan fingerprint density at radius 3 is 2.68 bits per heavy atom. The number of fused-ring (bicyclic) bond motifs is 1. The van der Waals surface area contributed by atoms with Gasteiger partial charge in [0.1, 0.15) is 17.6 Å². The molecule has 2 N–H and O–H groups in total. The van der Waals surface area contributed by atoms with E-state index in [-0.39, 0.29) is 12.6 Å². The van der Waals surface area contributed by atoms with Crippen LogP contribution >= 0.6 is 0 Å². The standard InChI is InChI=1S/C24H25N3O4/c1-2-30-21-11-6-4-9-18(21)26-24(29)23(28)25-16-20(22-12-7-15-31-22)27-14-13-17-8-3-5-10-19(17)27/h3-12,15,20H,2,13-14,16H2,1H3,(H,25,28)(H,26,29). The third-order valence-corrected chi connectivity index (χ3v) is 5.27. The van der Waals surface area contributed by atoms with Gasteiger partial charge in [-0.3, -0.25) is 9.59 Å². The van der Waals surface area contributed by atoms with Gasteiger partial charge in [0.05, 0.1) is 18.6 Å². The fourth-order valence-corrected chi connectivity index (χ4v) is 3.83. The molecule has 0 saturated heterocycles. The van der Waals surface area contributed by atoms with Crippen molar-refractivity contribution in [3.8, 4) is 5.75 Å². The van der Waals surface area contributed by atoms with Crippen molar-refractivity contribution >= 4 is 23.2 Å². The minimum absolute atomic E-state index is 0.217. The van der Waals surface area contributed by atoms with Crippen molar-refractivity contribution in [2.24, 2.45) is 0 Å². The van der Waals surface area contributed by atoms with E-state index >= 15 is 0 Å². The predicted molar refractivity (Wildman–Crippen MR) is 118 cm³/mol. The second-order valence-corrected chi connectivity index (χ2v) is 7.20. The zero-order valence-electron chi connectivity index (χ0n) is 17.3. The van der Waals surface area contributed by atoms with Crippen molar-refractivity contribution in [1.82, 2.24) is 5.32 Å². The Hall–Kier alpha value is -3.74. The van der Waals surface area contributed by atoms with Crippen LogP contribution in [0.25, 0.3) is 0 Å². The van der Waals surface area contributed by atoms with Gasteiger partial charge in [0.25, 0.3) is 0 Å². The van der Waals surface area contributed by atoms with Crippen LogP contribution in [0.4, 0.5) is 11.4 Å². The van der Waals surface area contributed by atoms with Gasteiger partial charge in [0.2, 0.25) is 0 Å². The van der Waals surface area contributed by atoms with E-state index in [0.717, 1.165) is 24.4 Å². The number of nitrogens with one attached hydrogen (secondary N) is 2. The highest BCUT2D eigenvalue weighted by Gasteiger charge is 2.29. The van der Waals surface area contributed by atoms with Gasteiger partial charge in [-0.2, -0.15) is 0 Å². The van der Waals surface area contributed by atoms with E-state index in [4.69, 9.17) is 9.15 Å². The number of para-hydroxylation sites is 3. The number of benzene rings is 2. The predicted octanol–water partition coefficient (Wildman–Crippen LogP) is 3.54. The van der Waals surface area contributed by atoms with Gasteiger partial charge in [0.15, 0.2) is 0 Å². The van der Waals surface area contributed by atoms with E-state index < -0.39 is 11.8 Å². The Morgan fingerprint density at radius 1 is 1.06 bits per heavy atom. The fourth-order valence-electron chi connectivity index (χ4n) is 3.83. The lowest BCUT2D eigenvalue weighted by Crippen LogP contribution is -2.41. The van der Waals surface area contributed by atoms with Gasteiger partial charge in [-0.25, -0.2) is 0 Å². The van der Waals surface area contributed by atoms with Crippen molar-refractivity contribution in [2.75, 3.05) is 29.9 Å². The molecule has 1 aliphatic rings. The molecule has 2 heterocycles. The molecule has 2 amide bonds. The summed E-state index contributed by atoms with van der Waals surface area (Å²) >= 11 is 0. The third kappa shape index (κ3) is 4.55. The van der Waals surface area contributed by atoms with E-state index in [9.17, 15) is 9.59 Å². The maximum atomic E-state index is 12.5. The normalized spacial score (nSPS) is 13.4. The second kappa shape index (κ2) is 9.38. The van der Waals surface area contributed by atoms with Gasteiger partial charge in [-0.15, -0.1) is 0 Å². The molecule has 7 heteroatoms. The number of furan rings is 1. The number of hydrogen-bond donors (Lipinski definition) is 2. The minimum Gasteiger partial charge on any atom is -0.492 e. The Balaban J connectivity index is 1.44. The van der Waals surface area contributed by atoms with Gasteiger partial charge >= 0.3 is 11.8 Å². The van der Waals surface area contributed by atoms with E-state index in [1.54, 1.807) is 24.5 Å². The monoisotopic (exact) mass is 419 g/mol. The summed E-state index contributed by atoms with van der Waals surface area (Å²) < 4.78 is 11.1. The average Bonchev–Trinajstić information content (AvgIpc) is 3.46. The van der Waals surface area contributed by atoms with Crippen molar-refractivity contribution in [2.45, 2.75) is 19.4 Å². The number of hydrogen-bond acceptors (Lipinski definition) is 5. The molecule has 1 aliphatic heterocycles. The maximum Gasteiger partial charge on any atom is 0.313 e. The summed E-state index contributed by atoms with van der Waals surface area (Å²) in [6, 6.07) is 18.7. The van der Waals surface area contributed by atoms with Crippen LogP contribution in [0.2, 0.25) is 0 Å². The molecule has 2 aromatic carbocycles. The number of carbonyl (C=O) groups is 2. The van der Waals surface area contributed by atoms with Gasteiger partial charge in [-0.05, 0) is 49.2 Å². The summed E-state index contributed by atoms with van der Waals surface area (Å²) in [5, 5.41) is 5.38. The van der Waals surface area contributed by atoms with E-state index in [1.807, 2.05) is 37.3 Å². The van der Waals surface area contributed by atoms with Gasteiger partial charge < -0.3 is 24.7 Å². The van der Waals surface area contributed by atoms with Gasteiger partial charge in [0, 0.05) is 18.8 Å². The number of anilines is 2. The molecule has 0 fully saturated rings. The summed E-state index contributed by atoms with van der Waals surface area (Å²) in [6.07, 6.45) is 2.54. The number of ether oxygens (including phenoxy) is 1. The van der Waals surface area contributed by atoms with Crippen LogP contribution in [-0.2, 0) is 16.0 Å². The smallest absolute Gasteiger partial charge is 0.313 e. The first-order valence-electron chi connectivity index (χ1n) is 10.4. The largest absolute Gasteiger partial charge is 0.492 e. The van der Waals surface area contributed by atoms with Crippen LogP contribution < -0.4 is 20.3 Å². The van der Waals surface area contributed by atoms with E-state index in [0.29, 0.717) is 18.0 Å². The average molecular weight is 419 g/mol. The van der Waals surface area contributed by atoms with Crippen molar-refractivity contribution in [1.29, 1.82) is 0 Å². The molecule has 0 aliphatic carbocycles. The van der Waals surface area contributed by atoms with Crippen LogP contribution in [0, 0.1) is 0 Å². The molecule has 1 aromatic heterocycles. The quantitative estimate of drug-likeness (QED) is 0.573. The lowest BCUT2D eigenvalue weighted by molar-refractivity contribution is -0.136.